The molecule has 2 aromatic heterocycles. The number of anilines is 2. The van der Waals surface area contributed by atoms with Crippen molar-refractivity contribution >= 4 is 28.2 Å². The molecule has 1 aromatic carbocycles. The summed E-state index contributed by atoms with van der Waals surface area (Å²) in [6.45, 7) is 1.80. The summed E-state index contributed by atoms with van der Waals surface area (Å²) in [5, 5.41) is 13.2. The molecule has 1 aliphatic heterocycles. The summed E-state index contributed by atoms with van der Waals surface area (Å²) in [6, 6.07) is 13.1. The van der Waals surface area contributed by atoms with Gasteiger partial charge in [0.25, 0.3) is 5.91 Å². The fourth-order valence-corrected chi connectivity index (χ4v) is 3.20. The Balaban J connectivity index is 1.55. The standard InChI is InChI=1S/C20H20N4O3/c25-13-16-12-24(9-10-27-16)15-6-8-21-18(11-15)20(26)23-17-5-1-3-14-4-2-7-22-19(14)17/h1-8,11,16,25H,9-10,12-13H2,(H,23,26)/t16-/m0/s1. The van der Waals surface area contributed by atoms with Crippen LogP contribution in [0.2, 0.25) is 0 Å². The van der Waals surface area contributed by atoms with Gasteiger partial charge in [0, 0.05) is 36.6 Å². The average Bonchev–Trinajstić information content (AvgIpc) is 2.74. The molecule has 1 atom stereocenters. The van der Waals surface area contributed by atoms with Gasteiger partial charge in [-0.1, -0.05) is 18.2 Å². The van der Waals surface area contributed by atoms with Crippen LogP contribution in [0, 0.1) is 0 Å². The van der Waals surface area contributed by atoms with Gasteiger partial charge in [-0.3, -0.25) is 14.8 Å². The molecule has 4 rings (SSSR count). The van der Waals surface area contributed by atoms with Gasteiger partial charge in [0.05, 0.1) is 30.5 Å². The van der Waals surface area contributed by atoms with Crippen LogP contribution in [0.1, 0.15) is 10.5 Å². The molecule has 1 saturated heterocycles. The van der Waals surface area contributed by atoms with Gasteiger partial charge >= 0.3 is 0 Å². The summed E-state index contributed by atoms with van der Waals surface area (Å²) >= 11 is 0. The van der Waals surface area contributed by atoms with Gasteiger partial charge < -0.3 is 20.1 Å². The lowest BCUT2D eigenvalue weighted by molar-refractivity contribution is 0.00356. The Morgan fingerprint density at radius 1 is 1.22 bits per heavy atom. The second kappa shape index (κ2) is 7.69. The van der Waals surface area contributed by atoms with Crippen molar-refractivity contribution in [2.75, 3.05) is 36.5 Å². The van der Waals surface area contributed by atoms with E-state index in [0.29, 0.717) is 31.1 Å². The van der Waals surface area contributed by atoms with Crippen LogP contribution >= 0.6 is 0 Å². The second-order valence-electron chi connectivity index (χ2n) is 6.36. The maximum Gasteiger partial charge on any atom is 0.274 e. The highest BCUT2D eigenvalue weighted by Gasteiger charge is 2.21. The van der Waals surface area contributed by atoms with Crippen molar-refractivity contribution in [1.82, 2.24) is 9.97 Å². The SMILES string of the molecule is O=C(Nc1cccc2cccnc12)c1cc(N2CCO[C@H](CO)C2)ccn1. The molecular weight excluding hydrogens is 344 g/mol. The number of carbonyl (C=O) groups excluding carboxylic acids is 1. The van der Waals surface area contributed by atoms with E-state index in [4.69, 9.17) is 4.74 Å². The zero-order chi connectivity index (χ0) is 18.6. The Labute approximate surface area is 156 Å². The molecule has 0 spiro atoms. The normalized spacial score (nSPS) is 17.1. The van der Waals surface area contributed by atoms with Crippen molar-refractivity contribution < 1.29 is 14.6 Å². The summed E-state index contributed by atoms with van der Waals surface area (Å²) < 4.78 is 5.48. The minimum absolute atomic E-state index is 0.0248. The predicted molar refractivity (Wildman–Crippen MR) is 103 cm³/mol. The molecule has 0 radical (unpaired) electrons. The highest BCUT2D eigenvalue weighted by molar-refractivity contribution is 6.07. The quantitative estimate of drug-likeness (QED) is 0.737. The molecule has 7 nitrogen and oxygen atoms in total. The smallest absolute Gasteiger partial charge is 0.274 e. The van der Waals surface area contributed by atoms with Gasteiger partial charge in [0.1, 0.15) is 5.69 Å². The molecule has 7 heteroatoms. The van der Waals surface area contributed by atoms with Gasteiger partial charge in [-0.2, -0.15) is 0 Å². The second-order valence-corrected chi connectivity index (χ2v) is 6.36. The Hall–Kier alpha value is -3.03. The maximum absolute atomic E-state index is 12.7. The first-order valence-corrected chi connectivity index (χ1v) is 8.83. The number of rotatable bonds is 4. The van der Waals surface area contributed by atoms with E-state index in [-0.39, 0.29) is 18.6 Å². The van der Waals surface area contributed by atoms with E-state index in [1.807, 2.05) is 36.4 Å². The molecule has 0 unspecified atom stereocenters. The molecule has 0 aliphatic carbocycles. The predicted octanol–water partition coefficient (Wildman–Crippen LogP) is 2.08. The molecule has 3 heterocycles. The van der Waals surface area contributed by atoms with Gasteiger partial charge in [0.15, 0.2) is 0 Å². The lowest BCUT2D eigenvalue weighted by Crippen LogP contribution is -2.44. The Kier molecular flexibility index (Phi) is 4.95. The fraction of sp³-hybridized carbons (Fsp3) is 0.250. The third-order valence-electron chi connectivity index (χ3n) is 4.56. The number of benzene rings is 1. The van der Waals surface area contributed by atoms with Crippen LogP contribution in [0.25, 0.3) is 10.9 Å². The minimum atomic E-state index is -0.290. The number of carbonyl (C=O) groups is 1. The molecule has 138 valence electrons. The lowest BCUT2D eigenvalue weighted by atomic mass is 10.2. The molecule has 1 aliphatic rings. The van der Waals surface area contributed by atoms with Crippen molar-refractivity contribution in [3.8, 4) is 0 Å². The van der Waals surface area contributed by atoms with Crippen LogP contribution in [0.5, 0.6) is 0 Å². The average molecular weight is 364 g/mol. The Morgan fingerprint density at radius 2 is 2.11 bits per heavy atom. The third kappa shape index (κ3) is 3.74. The molecule has 3 aromatic rings. The maximum atomic E-state index is 12.7. The summed E-state index contributed by atoms with van der Waals surface area (Å²) in [5.74, 6) is -0.290. The van der Waals surface area contributed by atoms with Crippen LogP contribution < -0.4 is 10.2 Å². The number of fused-ring (bicyclic) bond motifs is 1. The van der Waals surface area contributed by atoms with Gasteiger partial charge in [-0.05, 0) is 24.3 Å². The molecule has 0 saturated carbocycles. The number of aliphatic hydroxyl groups is 1. The van der Waals surface area contributed by atoms with E-state index in [9.17, 15) is 9.90 Å². The number of aromatic nitrogens is 2. The first-order chi connectivity index (χ1) is 13.2. The number of hydrogen-bond donors (Lipinski definition) is 2. The number of para-hydroxylation sites is 1. The van der Waals surface area contributed by atoms with Crippen molar-refractivity contribution in [3.63, 3.8) is 0 Å². The van der Waals surface area contributed by atoms with Crippen molar-refractivity contribution in [2.45, 2.75) is 6.10 Å². The summed E-state index contributed by atoms with van der Waals surface area (Å²) in [5.41, 5.74) is 2.60. The number of hydrogen-bond acceptors (Lipinski definition) is 6. The molecule has 1 amide bonds. The van der Waals surface area contributed by atoms with Crippen LogP contribution in [0.3, 0.4) is 0 Å². The van der Waals surface area contributed by atoms with E-state index in [1.54, 1.807) is 18.5 Å². The topological polar surface area (TPSA) is 87.6 Å². The van der Waals surface area contributed by atoms with E-state index in [1.165, 1.54) is 0 Å². The molecule has 2 N–H and O–H groups in total. The van der Waals surface area contributed by atoms with Crippen molar-refractivity contribution in [3.05, 3.63) is 60.6 Å². The van der Waals surface area contributed by atoms with Gasteiger partial charge in [-0.25, -0.2) is 0 Å². The van der Waals surface area contributed by atoms with Crippen LogP contribution in [-0.4, -0.2) is 53.4 Å². The molecule has 1 fully saturated rings. The zero-order valence-corrected chi connectivity index (χ0v) is 14.7. The summed E-state index contributed by atoms with van der Waals surface area (Å²) in [6.07, 6.45) is 3.10. The number of nitrogens with one attached hydrogen (secondary N) is 1. The highest BCUT2D eigenvalue weighted by Crippen LogP contribution is 2.22. The number of amides is 1. The Morgan fingerprint density at radius 3 is 3.00 bits per heavy atom. The first kappa shape index (κ1) is 17.4. The lowest BCUT2D eigenvalue weighted by Gasteiger charge is -2.33. The van der Waals surface area contributed by atoms with Crippen LogP contribution in [0.4, 0.5) is 11.4 Å². The van der Waals surface area contributed by atoms with E-state index >= 15 is 0 Å². The summed E-state index contributed by atoms with van der Waals surface area (Å²) in [7, 11) is 0. The number of aliphatic hydroxyl groups excluding tert-OH is 1. The van der Waals surface area contributed by atoms with Gasteiger partial charge in [-0.15, -0.1) is 0 Å². The largest absolute Gasteiger partial charge is 0.394 e. The van der Waals surface area contributed by atoms with E-state index < -0.39 is 0 Å². The first-order valence-electron chi connectivity index (χ1n) is 8.83. The minimum Gasteiger partial charge on any atom is -0.394 e. The van der Waals surface area contributed by atoms with E-state index in [2.05, 4.69) is 20.2 Å². The molecule has 0 bridgehead atoms. The van der Waals surface area contributed by atoms with Crippen molar-refractivity contribution in [1.29, 1.82) is 0 Å². The number of pyridine rings is 2. The Bertz CT molecular complexity index is 957. The van der Waals surface area contributed by atoms with Crippen molar-refractivity contribution in [2.24, 2.45) is 0 Å². The number of ether oxygens (including phenoxy) is 1. The third-order valence-corrected chi connectivity index (χ3v) is 4.56. The van der Waals surface area contributed by atoms with Crippen LogP contribution in [0.15, 0.2) is 54.9 Å². The number of nitrogens with zero attached hydrogens (tertiary/aromatic N) is 3. The van der Waals surface area contributed by atoms with Crippen LogP contribution in [-0.2, 0) is 4.74 Å². The highest BCUT2D eigenvalue weighted by atomic mass is 16.5. The summed E-state index contributed by atoms with van der Waals surface area (Å²) in [4.78, 5) is 23.4. The van der Waals surface area contributed by atoms with E-state index in [0.717, 1.165) is 16.6 Å². The monoisotopic (exact) mass is 364 g/mol. The fourth-order valence-electron chi connectivity index (χ4n) is 3.20. The molecular formula is C20H20N4O3. The van der Waals surface area contributed by atoms with Gasteiger partial charge in [0.2, 0.25) is 0 Å². The molecule has 27 heavy (non-hydrogen) atoms. The zero-order valence-electron chi connectivity index (χ0n) is 14.7. The number of morpholine rings is 1.